The van der Waals surface area contributed by atoms with Gasteiger partial charge in [-0.1, -0.05) is 36.4 Å². The molecule has 2 atom stereocenters. The molecule has 34 heavy (non-hydrogen) atoms. The van der Waals surface area contributed by atoms with E-state index in [2.05, 4.69) is 0 Å². The highest BCUT2D eigenvalue weighted by atomic mass is 32.2. The second-order valence-electron chi connectivity index (χ2n) is 8.54. The molecule has 0 N–H and O–H groups in total. The molecule has 2 saturated heterocycles. The molecule has 2 aliphatic rings. The van der Waals surface area contributed by atoms with Crippen molar-refractivity contribution < 1.29 is 13.9 Å². The van der Waals surface area contributed by atoms with Crippen molar-refractivity contribution in [3.05, 3.63) is 82.8 Å². The van der Waals surface area contributed by atoms with Crippen LogP contribution in [0.5, 0.6) is 0 Å². The number of nitrogens with zero attached hydrogens (tertiary/aromatic N) is 3. The molecule has 2 aromatic heterocycles. The Morgan fingerprint density at radius 3 is 2.71 bits per heavy atom. The minimum absolute atomic E-state index is 0.0449. The van der Waals surface area contributed by atoms with Crippen LogP contribution in [-0.2, 0) is 9.53 Å². The summed E-state index contributed by atoms with van der Waals surface area (Å²) in [6.45, 7) is 1.28. The van der Waals surface area contributed by atoms with Gasteiger partial charge < -0.3 is 14.1 Å². The van der Waals surface area contributed by atoms with Gasteiger partial charge >= 0.3 is 5.63 Å². The SMILES string of the molecule is O=C1CS[C@@H](c2cn(-c3ccccc3)nc2-c2cc3ccccc3oc2=O)N1C[C@H]1CCCO1. The molecule has 172 valence electrons. The minimum atomic E-state index is -0.446. The summed E-state index contributed by atoms with van der Waals surface area (Å²) in [4.78, 5) is 27.8. The van der Waals surface area contributed by atoms with E-state index in [1.54, 1.807) is 22.5 Å². The molecule has 7 nitrogen and oxygen atoms in total. The average Bonchev–Trinajstić information content (AvgIpc) is 3.61. The van der Waals surface area contributed by atoms with Crippen LogP contribution in [0.4, 0.5) is 0 Å². The number of amides is 1. The first-order valence-electron chi connectivity index (χ1n) is 11.4. The third kappa shape index (κ3) is 3.82. The Bertz CT molecular complexity index is 1410. The molecule has 1 amide bonds. The molecule has 0 spiro atoms. The van der Waals surface area contributed by atoms with Crippen molar-refractivity contribution in [1.82, 2.24) is 14.7 Å². The summed E-state index contributed by atoms with van der Waals surface area (Å²) in [5.41, 5.74) is 2.71. The Morgan fingerprint density at radius 2 is 1.88 bits per heavy atom. The number of fused-ring (bicyclic) bond motifs is 1. The Morgan fingerprint density at radius 1 is 1.06 bits per heavy atom. The first-order chi connectivity index (χ1) is 16.7. The van der Waals surface area contributed by atoms with Gasteiger partial charge in [-0.15, -0.1) is 11.8 Å². The lowest BCUT2D eigenvalue weighted by Gasteiger charge is -2.26. The van der Waals surface area contributed by atoms with Gasteiger partial charge in [-0.3, -0.25) is 4.79 Å². The smallest absolute Gasteiger partial charge is 0.345 e. The van der Waals surface area contributed by atoms with Crippen molar-refractivity contribution in [2.24, 2.45) is 0 Å². The van der Waals surface area contributed by atoms with Gasteiger partial charge in [0.1, 0.15) is 16.7 Å². The van der Waals surface area contributed by atoms with Crippen molar-refractivity contribution in [3.63, 3.8) is 0 Å². The van der Waals surface area contributed by atoms with E-state index in [0.29, 0.717) is 29.1 Å². The molecule has 0 bridgehead atoms. The maximum Gasteiger partial charge on any atom is 0.345 e. The zero-order chi connectivity index (χ0) is 23.1. The Kier molecular flexibility index (Phi) is 5.47. The van der Waals surface area contributed by atoms with Gasteiger partial charge in [-0.2, -0.15) is 5.10 Å². The number of rotatable bonds is 5. The number of hydrogen-bond acceptors (Lipinski definition) is 6. The van der Waals surface area contributed by atoms with E-state index in [0.717, 1.165) is 36.1 Å². The van der Waals surface area contributed by atoms with E-state index in [1.807, 2.05) is 65.7 Å². The van der Waals surface area contributed by atoms with Crippen molar-refractivity contribution in [1.29, 1.82) is 0 Å². The van der Waals surface area contributed by atoms with Crippen LogP contribution in [0, 0.1) is 0 Å². The number of carbonyl (C=O) groups is 1. The molecule has 2 aliphatic heterocycles. The van der Waals surface area contributed by atoms with Crippen LogP contribution in [0.3, 0.4) is 0 Å². The first-order valence-corrected chi connectivity index (χ1v) is 12.4. The number of hydrogen-bond donors (Lipinski definition) is 0. The van der Waals surface area contributed by atoms with Crippen molar-refractivity contribution in [2.45, 2.75) is 24.3 Å². The third-order valence-corrected chi connectivity index (χ3v) is 7.56. The number of benzene rings is 2. The lowest BCUT2D eigenvalue weighted by atomic mass is 10.1. The number of aromatic nitrogens is 2. The van der Waals surface area contributed by atoms with E-state index in [9.17, 15) is 9.59 Å². The summed E-state index contributed by atoms with van der Waals surface area (Å²) in [6, 6.07) is 19.0. The highest BCUT2D eigenvalue weighted by Crippen LogP contribution is 2.43. The van der Waals surface area contributed by atoms with Crippen LogP contribution in [-0.4, -0.2) is 45.6 Å². The number of ether oxygens (including phenoxy) is 1. The summed E-state index contributed by atoms with van der Waals surface area (Å²) < 4.78 is 13.2. The van der Waals surface area contributed by atoms with E-state index >= 15 is 0 Å². The van der Waals surface area contributed by atoms with Crippen molar-refractivity contribution >= 4 is 28.6 Å². The molecular formula is C26H23N3O4S. The highest BCUT2D eigenvalue weighted by Gasteiger charge is 2.38. The predicted octanol–water partition coefficient (Wildman–Crippen LogP) is 4.40. The maximum atomic E-state index is 13.0. The summed E-state index contributed by atoms with van der Waals surface area (Å²) in [7, 11) is 0. The summed E-state index contributed by atoms with van der Waals surface area (Å²) in [5.74, 6) is 0.467. The van der Waals surface area contributed by atoms with Crippen LogP contribution in [0.2, 0.25) is 0 Å². The van der Waals surface area contributed by atoms with Crippen LogP contribution in [0.25, 0.3) is 27.9 Å². The summed E-state index contributed by atoms with van der Waals surface area (Å²) in [5, 5.41) is 5.40. The largest absolute Gasteiger partial charge is 0.422 e. The molecule has 4 heterocycles. The second-order valence-corrected chi connectivity index (χ2v) is 9.61. The van der Waals surface area contributed by atoms with Crippen LogP contribution >= 0.6 is 11.8 Å². The van der Waals surface area contributed by atoms with Crippen molar-refractivity contribution in [3.8, 4) is 16.9 Å². The standard InChI is InChI=1S/C26H23N3O4S/c30-23-16-34-25(28(23)14-19-10-6-12-32-19)21-15-29(18-8-2-1-3-9-18)27-24(21)20-13-17-7-4-5-11-22(17)33-26(20)31/h1-5,7-9,11,13,15,19,25H,6,10,12,14,16H2/t19-,25+/m1/s1. The Labute approximate surface area is 200 Å². The quantitative estimate of drug-likeness (QED) is 0.400. The summed E-state index contributed by atoms with van der Waals surface area (Å²) in [6.07, 6.45) is 3.94. The molecule has 2 fully saturated rings. The number of carbonyl (C=O) groups excluding carboxylic acids is 1. The van der Waals surface area contributed by atoms with Gasteiger partial charge in [-0.25, -0.2) is 9.48 Å². The zero-order valence-electron chi connectivity index (χ0n) is 18.4. The van der Waals surface area contributed by atoms with E-state index in [1.165, 1.54) is 0 Å². The maximum absolute atomic E-state index is 13.0. The molecule has 2 aromatic carbocycles. The van der Waals surface area contributed by atoms with Gasteiger partial charge in [0.05, 0.1) is 23.1 Å². The zero-order valence-corrected chi connectivity index (χ0v) is 19.2. The Balaban J connectivity index is 1.49. The fourth-order valence-electron chi connectivity index (χ4n) is 4.63. The Hall–Kier alpha value is -3.36. The normalized spacial score (nSPS) is 20.5. The second kappa shape index (κ2) is 8.77. The fourth-order valence-corrected chi connectivity index (χ4v) is 5.84. The van der Waals surface area contributed by atoms with E-state index in [4.69, 9.17) is 14.3 Å². The lowest BCUT2D eigenvalue weighted by Crippen LogP contribution is -2.35. The van der Waals surface area contributed by atoms with Gasteiger partial charge in [0.2, 0.25) is 5.91 Å². The fraction of sp³-hybridized carbons (Fsp3) is 0.269. The van der Waals surface area contributed by atoms with Gasteiger partial charge in [0.15, 0.2) is 0 Å². The molecule has 4 aromatic rings. The third-order valence-electron chi connectivity index (χ3n) is 6.32. The average molecular weight is 474 g/mol. The lowest BCUT2D eigenvalue weighted by molar-refractivity contribution is -0.129. The topological polar surface area (TPSA) is 77.6 Å². The van der Waals surface area contributed by atoms with Crippen LogP contribution in [0.1, 0.15) is 23.8 Å². The number of thioether (sulfide) groups is 1. The van der Waals surface area contributed by atoms with Crippen molar-refractivity contribution in [2.75, 3.05) is 18.9 Å². The first kappa shape index (κ1) is 21.2. The van der Waals surface area contributed by atoms with Crippen LogP contribution < -0.4 is 5.63 Å². The van der Waals surface area contributed by atoms with Gasteiger partial charge in [0.25, 0.3) is 0 Å². The van der Waals surface area contributed by atoms with E-state index in [-0.39, 0.29) is 17.4 Å². The molecule has 8 heteroatoms. The molecule has 0 aliphatic carbocycles. The highest BCUT2D eigenvalue weighted by molar-refractivity contribution is 8.00. The number of para-hydroxylation sites is 2. The molecule has 0 radical (unpaired) electrons. The van der Waals surface area contributed by atoms with Crippen LogP contribution in [0.15, 0.2) is 76.1 Å². The molecule has 0 saturated carbocycles. The molecule has 6 rings (SSSR count). The van der Waals surface area contributed by atoms with Gasteiger partial charge in [0, 0.05) is 30.3 Å². The minimum Gasteiger partial charge on any atom is -0.422 e. The summed E-state index contributed by atoms with van der Waals surface area (Å²) >= 11 is 1.56. The van der Waals surface area contributed by atoms with Gasteiger partial charge in [-0.05, 0) is 37.1 Å². The molecular weight excluding hydrogens is 450 g/mol. The predicted molar refractivity (Wildman–Crippen MR) is 131 cm³/mol. The van der Waals surface area contributed by atoms with E-state index < -0.39 is 5.63 Å². The monoisotopic (exact) mass is 473 g/mol. The molecule has 0 unspecified atom stereocenters.